The van der Waals surface area contributed by atoms with Gasteiger partial charge in [-0.2, -0.15) is 5.10 Å². The number of nitrogens with zero attached hydrogens (tertiary/aromatic N) is 3. The van der Waals surface area contributed by atoms with Gasteiger partial charge in [-0.25, -0.2) is 9.37 Å². The Morgan fingerprint density at radius 3 is 3.00 bits per heavy atom. The van der Waals surface area contributed by atoms with Crippen LogP contribution in [0.2, 0.25) is 5.02 Å². The number of benzene rings is 1. The van der Waals surface area contributed by atoms with Crippen molar-refractivity contribution in [3.8, 4) is 0 Å². The first-order chi connectivity index (χ1) is 12.0. The van der Waals surface area contributed by atoms with Gasteiger partial charge in [0.05, 0.1) is 17.1 Å². The first-order valence-corrected chi connectivity index (χ1v) is 8.38. The maximum absolute atomic E-state index is 13.4. The Kier molecular flexibility index (Phi) is 3.84. The number of aromatic nitrogens is 4. The van der Waals surface area contributed by atoms with E-state index < -0.39 is 0 Å². The monoisotopic (exact) mass is 362 g/mol. The molecule has 0 unspecified atom stereocenters. The van der Waals surface area contributed by atoms with Crippen molar-refractivity contribution in [2.75, 3.05) is 12.3 Å². The van der Waals surface area contributed by atoms with Crippen molar-refractivity contribution in [2.24, 2.45) is 0 Å². The SMILES string of the molecule is Nc1n[nH]c(C(=O)N2CCCC[C@H]2c2nc3ccc(F)cc3[nH]2)c1Cl. The summed E-state index contributed by atoms with van der Waals surface area (Å²) < 4.78 is 13.4. The third-order valence-electron chi connectivity index (χ3n) is 4.49. The molecule has 4 N–H and O–H groups in total. The summed E-state index contributed by atoms with van der Waals surface area (Å²) >= 11 is 6.07. The van der Waals surface area contributed by atoms with Crippen LogP contribution < -0.4 is 5.73 Å². The molecule has 1 aliphatic rings. The predicted octanol–water partition coefficient (Wildman–Crippen LogP) is 3.03. The van der Waals surface area contributed by atoms with E-state index in [1.54, 1.807) is 11.0 Å². The zero-order valence-electron chi connectivity index (χ0n) is 13.2. The van der Waals surface area contributed by atoms with Crippen molar-refractivity contribution in [3.63, 3.8) is 0 Å². The van der Waals surface area contributed by atoms with Gasteiger partial charge in [-0.1, -0.05) is 11.6 Å². The van der Waals surface area contributed by atoms with Crippen LogP contribution in [0.1, 0.15) is 41.6 Å². The Morgan fingerprint density at radius 1 is 1.40 bits per heavy atom. The van der Waals surface area contributed by atoms with Gasteiger partial charge in [0.15, 0.2) is 5.82 Å². The summed E-state index contributed by atoms with van der Waals surface area (Å²) in [5.74, 6) is 0.125. The second-order valence-corrected chi connectivity index (χ2v) is 6.47. The molecule has 25 heavy (non-hydrogen) atoms. The van der Waals surface area contributed by atoms with Crippen LogP contribution >= 0.6 is 11.6 Å². The van der Waals surface area contributed by atoms with Crippen molar-refractivity contribution < 1.29 is 9.18 Å². The van der Waals surface area contributed by atoms with Gasteiger partial charge in [-0.15, -0.1) is 0 Å². The van der Waals surface area contributed by atoms with Gasteiger partial charge in [0, 0.05) is 6.54 Å². The van der Waals surface area contributed by atoms with Gasteiger partial charge in [-0.3, -0.25) is 9.89 Å². The summed E-state index contributed by atoms with van der Waals surface area (Å²) in [6.45, 7) is 0.574. The fraction of sp³-hybridized carbons (Fsp3) is 0.312. The zero-order valence-corrected chi connectivity index (χ0v) is 14.0. The fourth-order valence-corrected chi connectivity index (χ4v) is 3.41. The van der Waals surface area contributed by atoms with Crippen molar-refractivity contribution in [1.29, 1.82) is 0 Å². The average molecular weight is 363 g/mol. The van der Waals surface area contributed by atoms with Crippen LogP contribution in [0.5, 0.6) is 0 Å². The Hall–Kier alpha value is -2.61. The number of hydrogen-bond acceptors (Lipinski definition) is 4. The van der Waals surface area contributed by atoms with Crippen molar-refractivity contribution >= 4 is 34.4 Å². The van der Waals surface area contributed by atoms with E-state index >= 15 is 0 Å². The van der Waals surface area contributed by atoms with Crippen LogP contribution in [0.3, 0.4) is 0 Å². The molecule has 0 radical (unpaired) electrons. The highest BCUT2D eigenvalue weighted by molar-refractivity contribution is 6.35. The molecule has 0 saturated carbocycles. The fourth-order valence-electron chi connectivity index (χ4n) is 3.25. The van der Waals surface area contributed by atoms with E-state index in [1.165, 1.54) is 12.1 Å². The number of H-pyrrole nitrogens is 2. The quantitative estimate of drug-likeness (QED) is 0.651. The minimum Gasteiger partial charge on any atom is -0.381 e. The Labute approximate surface area is 147 Å². The highest BCUT2D eigenvalue weighted by atomic mass is 35.5. The molecule has 1 aliphatic heterocycles. The lowest BCUT2D eigenvalue weighted by Crippen LogP contribution is -2.39. The van der Waals surface area contributed by atoms with Gasteiger partial charge in [0.2, 0.25) is 0 Å². The third kappa shape index (κ3) is 2.72. The first kappa shape index (κ1) is 15.9. The number of likely N-dealkylation sites (tertiary alicyclic amines) is 1. The molecule has 0 spiro atoms. The van der Waals surface area contributed by atoms with E-state index in [9.17, 15) is 9.18 Å². The lowest BCUT2D eigenvalue weighted by molar-refractivity contribution is 0.0595. The summed E-state index contributed by atoms with van der Waals surface area (Å²) in [7, 11) is 0. The molecule has 2 aromatic heterocycles. The molecule has 7 nitrogen and oxygen atoms in total. The number of nitrogens with one attached hydrogen (secondary N) is 2. The highest BCUT2D eigenvalue weighted by Crippen LogP contribution is 2.33. The summed E-state index contributed by atoms with van der Waals surface area (Å²) in [4.78, 5) is 22.3. The molecule has 1 aromatic carbocycles. The molecule has 3 aromatic rings. The van der Waals surface area contributed by atoms with Crippen LogP contribution in [0.25, 0.3) is 11.0 Å². The number of nitrogens with two attached hydrogens (primary N) is 1. The zero-order chi connectivity index (χ0) is 17.6. The van der Waals surface area contributed by atoms with Crippen LogP contribution in [-0.4, -0.2) is 37.5 Å². The van der Waals surface area contributed by atoms with Gasteiger partial charge in [-0.05, 0) is 37.5 Å². The minimum atomic E-state index is -0.334. The van der Waals surface area contributed by atoms with E-state index in [4.69, 9.17) is 17.3 Å². The molecule has 1 saturated heterocycles. The van der Waals surface area contributed by atoms with Gasteiger partial charge >= 0.3 is 0 Å². The van der Waals surface area contributed by atoms with Gasteiger partial charge < -0.3 is 15.6 Å². The molecule has 1 atom stereocenters. The summed E-state index contributed by atoms with van der Waals surface area (Å²) in [6, 6.07) is 4.14. The van der Waals surface area contributed by atoms with Gasteiger partial charge in [0.25, 0.3) is 5.91 Å². The standard InChI is InChI=1S/C16H16ClFN6O/c17-12-13(22-23-14(12)19)16(25)24-6-2-1-3-11(24)15-20-9-5-4-8(18)7-10(9)21-15/h4-5,7,11H,1-3,6H2,(H,20,21)(H3,19,22,23)/t11-/m0/s1. The molecule has 0 bridgehead atoms. The topological polar surface area (TPSA) is 104 Å². The number of imidazole rings is 1. The number of piperidine rings is 1. The van der Waals surface area contributed by atoms with E-state index in [1.807, 2.05) is 0 Å². The van der Waals surface area contributed by atoms with E-state index in [0.29, 0.717) is 23.4 Å². The van der Waals surface area contributed by atoms with Crippen molar-refractivity contribution in [1.82, 2.24) is 25.1 Å². The Bertz CT molecular complexity index is 951. The first-order valence-electron chi connectivity index (χ1n) is 8.00. The molecule has 3 heterocycles. The molecule has 0 aliphatic carbocycles. The smallest absolute Gasteiger partial charge is 0.274 e. The number of nitrogen functional groups attached to an aromatic ring is 1. The van der Waals surface area contributed by atoms with Crippen LogP contribution in [0.4, 0.5) is 10.2 Å². The molecule has 1 amide bonds. The molecule has 9 heteroatoms. The van der Waals surface area contributed by atoms with E-state index in [0.717, 1.165) is 19.3 Å². The number of fused-ring (bicyclic) bond motifs is 1. The number of rotatable bonds is 2. The molecular formula is C16H16ClFN6O. The normalized spacial score (nSPS) is 18.0. The van der Waals surface area contributed by atoms with Crippen LogP contribution in [0.15, 0.2) is 18.2 Å². The number of halogens is 2. The maximum atomic E-state index is 13.4. The Balaban J connectivity index is 1.70. The summed E-state index contributed by atoms with van der Waals surface area (Å²) in [5.41, 5.74) is 7.07. The van der Waals surface area contributed by atoms with E-state index in [-0.39, 0.29) is 34.3 Å². The van der Waals surface area contributed by atoms with Crippen LogP contribution in [-0.2, 0) is 0 Å². The summed E-state index contributed by atoms with van der Waals surface area (Å²) in [5, 5.41) is 6.51. The number of hydrogen-bond donors (Lipinski definition) is 3. The lowest BCUT2D eigenvalue weighted by atomic mass is 10.0. The average Bonchev–Trinajstić information content (AvgIpc) is 3.18. The Morgan fingerprint density at radius 2 is 2.24 bits per heavy atom. The van der Waals surface area contributed by atoms with Crippen molar-refractivity contribution in [2.45, 2.75) is 25.3 Å². The number of carbonyl (C=O) groups excluding carboxylic acids is 1. The largest absolute Gasteiger partial charge is 0.381 e. The van der Waals surface area contributed by atoms with Crippen molar-refractivity contribution in [3.05, 3.63) is 40.6 Å². The van der Waals surface area contributed by atoms with Gasteiger partial charge in [0.1, 0.15) is 22.4 Å². The number of carbonyl (C=O) groups is 1. The van der Waals surface area contributed by atoms with E-state index in [2.05, 4.69) is 20.2 Å². The number of amides is 1. The minimum absolute atomic E-state index is 0.0952. The lowest BCUT2D eigenvalue weighted by Gasteiger charge is -2.34. The maximum Gasteiger partial charge on any atom is 0.274 e. The molecule has 4 rings (SSSR count). The number of anilines is 1. The predicted molar refractivity (Wildman–Crippen MR) is 91.7 cm³/mol. The molecular weight excluding hydrogens is 347 g/mol. The molecule has 130 valence electrons. The summed E-state index contributed by atoms with van der Waals surface area (Å²) in [6.07, 6.45) is 2.62. The highest BCUT2D eigenvalue weighted by Gasteiger charge is 2.33. The second kappa shape index (κ2) is 6.03. The second-order valence-electron chi connectivity index (χ2n) is 6.09. The molecule has 1 fully saturated rings. The van der Waals surface area contributed by atoms with Crippen LogP contribution in [0, 0.1) is 5.82 Å². The third-order valence-corrected chi connectivity index (χ3v) is 4.87. The number of aromatic amines is 2.